The lowest BCUT2D eigenvalue weighted by Gasteiger charge is -2.21. The quantitative estimate of drug-likeness (QED) is 0.712. The Morgan fingerprint density at radius 3 is 2.69 bits per heavy atom. The number of aromatic nitrogens is 1. The van der Waals surface area contributed by atoms with Crippen molar-refractivity contribution in [2.24, 2.45) is 5.92 Å². The van der Waals surface area contributed by atoms with Gasteiger partial charge in [-0.15, -0.1) is 0 Å². The Bertz CT molecular complexity index is 368. The van der Waals surface area contributed by atoms with Crippen LogP contribution in [0.15, 0.2) is 18.3 Å². The SMILES string of the molecule is CCN(CC1CC1)c1ccc(C(C)=O)cn1. The maximum atomic E-state index is 11.1. The van der Waals surface area contributed by atoms with E-state index in [4.69, 9.17) is 0 Å². The van der Waals surface area contributed by atoms with Crippen LogP contribution in [0.4, 0.5) is 5.82 Å². The lowest BCUT2D eigenvalue weighted by Crippen LogP contribution is -2.26. The molecule has 0 bridgehead atoms. The topological polar surface area (TPSA) is 33.2 Å². The van der Waals surface area contributed by atoms with Crippen LogP contribution in [-0.2, 0) is 0 Å². The normalized spacial score (nSPS) is 14.9. The molecule has 3 nitrogen and oxygen atoms in total. The Morgan fingerprint density at radius 1 is 1.50 bits per heavy atom. The van der Waals surface area contributed by atoms with Crippen molar-refractivity contribution in [3.05, 3.63) is 23.9 Å². The number of nitrogens with zero attached hydrogens (tertiary/aromatic N) is 2. The van der Waals surface area contributed by atoms with E-state index in [2.05, 4.69) is 16.8 Å². The second kappa shape index (κ2) is 4.64. The van der Waals surface area contributed by atoms with Gasteiger partial charge in [-0.05, 0) is 44.7 Å². The van der Waals surface area contributed by atoms with Gasteiger partial charge in [0.05, 0.1) is 0 Å². The number of Topliss-reactive ketones (excluding diaryl/α,β-unsaturated/α-hetero) is 1. The summed E-state index contributed by atoms with van der Waals surface area (Å²) in [6, 6.07) is 3.81. The average Bonchev–Trinajstić information content (AvgIpc) is 3.10. The minimum absolute atomic E-state index is 0.0734. The third kappa shape index (κ3) is 2.60. The zero-order valence-electron chi connectivity index (χ0n) is 9.94. The van der Waals surface area contributed by atoms with Gasteiger partial charge in [0.1, 0.15) is 5.82 Å². The van der Waals surface area contributed by atoms with E-state index in [0.717, 1.165) is 24.8 Å². The predicted molar refractivity (Wildman–Crippen MR) is 64.9 cm³/mol. The summed E-state index contributed by atoms with van der Waals surface area (Å²) in [7, 11) is 0. The van der Waals surface area contributed by atoms with E-state index in [9.17, 15) is 4.79 Å². The van der Waals surface area contributed by atoms with Gasteiger partial charge >= 0.3 is 0 Å². The lowest BCUT2D eigenvalue weighted by atomic mass is 10.2. The second-order valence-corrected chi connectivity index (χ2v) is 4.44. The fraction of sp³-hybridized carbons (Fsp3) is 0.538. The molecule has 1 aliphatic carbocycles. The average molecular weight is 218 g/mol. The minimum atomic E-state index is 0.0734. The molecule has 0 aromatic carbocycles. The van der Waals surface area contributed by atoms with Crippen LogP contribution in [0.5, 0.6) is 0 Å². The molecule has 2 rings (SSSR count). The molecule has 0 N–H and O–H groups in total. The van der Waals surface area contributed by atoms with Crippen LogP contribution in [0.25, 0.3) is 0 Å². The van der Waals surface area contributed by atoms with Gasteiger partial charge in [0.25, 0.3) is 0 Å². The van der Waals surface area contributed by atoms with Gasteiger partial charge in [-0.2, -0.15) is 0 Å². The molecule has 0 amide bonds. The zero-order valence-corrected chi connectivity index (χ0v) is 9.94. The van der Waals surface area contributed by atoms with Crippen molar-refractivity contribution in [3.63, 3.8) is 0 Å². The van der Waals surface area contributed by atoms with Crippen molar-refractivity contribution in [2.75, 3.05) is 18.0 Å². The Kier molecular flexibility index (Phi) is 3.22. The Morgan fingerprint density at radius 2 is 2.25 bits per heavy atom. The fourth-order valence-corrected chi connectivity index (χ4v) is 1.78. The predicted octanol–water partition coefficient (Wildman–Crippen LogP) is 2.52. The monoisotopic (exact) mass is 218 g/mol. The second-order valence-electron chi connectivity index (χ2n) is 4.44. The van der Waals surface area contributed by atoms with Gasteiger partial charge < -0.3 is 4.90 Å². The van der Waals surface area contributed by atoms with Crippen molar-refractivity contribution in [1.29, 1.82) is 0 Å². The van der Waals surface area contributed by atoms with Crippen molar-refractivity contribution < 1.29 is 4.79 Å². The molecule has 3 heteroatoms. The molecular weight excluding hydrogens is 200 g/mol. The van der Waals surface area contributed by atoms with E-state index in [-0.39, 0.29) is 5.78 Å². The van der Waals surface area contributed by atoms with Crippen molar-refractivity contribution in [1.82, 2.24) is 4.98 Å². The van der Waals surface area contributed by atoms with Gasteiger partial charge in [0, 0.05) is 24.8 Å². The van der Waals surface area contributed by atoms with E-state index in [1.807, 2.05) is 12.1 Å². The molecule has 0 saturated heterocycles. The lowest BCUT2D eigenvalue weighted by molar-refractivity contribution is 0.101. The maximum Gasteiger partial charge on any atom is 0.161 e. The van der Waals surface area contributed by atoms with Crippen LogP contribution in [-0.4, -0.2) is 23.9 Å². The van der Waals surface area contributed by atoms with Crippen molar-refractivity contribution in [2.45, 2.75) is 26.7 Å². The third-order valence-electron chi connectivity index (χ3n) is 3.04. The standard InChI is InChI=1S/C13H18N2O/c1-3-15(9-11-4-5-11)13-7-6-12(8-14-13)10(2)16/h6-8,11H,3-5,9H2,1-2H3. The third-order valence-corrected chi connectivity index (χ3v) is 3.04. The Balaban J connectivity index is 2.08. The molecule has 0 radical (unpaired) electrons. The van der Waals surface area contributed by atoms with Gasteiger partial charge in [-0.25, -0.2) is 4.98 Å². The Labute approximate surface area is 96.5 Å². The molecule has 1 fully saturated rings. The van der Waals surface area contributed by atoms with E-state index < -0.39 is 0 Å². The molecule has 1 saturated carbocycles. The van der Waals surface area contributed by atoms with Crippen LogP contribution in [0.3, 0.4) is 0 Å². The summed E-state index contributed by atoms with van der Waals surface area (Å²) in [5, 5.41) is 0. The largest absolute Gasteiger partial charge is 0.357 e. The number of anilines is 1. The highest BCUT2D eigenvalue weighted by molar-refractivity contribution is 5.93. The first-order valence-electron chi connectivity index (χ1n) is 5.92. The van der Waals surface area contributed by atoms with Crippen LogP contribution in [0, 0.1) is 5.92 Å². The van der Waals surface area contributed by atoms with Crippen LogP contribution < -0.4 is 4.90 Å². The number of carbonyl (C=O) groups is 1. The summed E-state index contributed by atoms with van der Waals surface area (Å²) in [6.45, 7) is 5.78. The van der Waals surface area contributed by atoms with Gasteiger partial charge in [-0.1, -0.05) is 0 Å². The Hall–Kier alpha value is -1.38. The fourth-order valence-electron chi connectivity index (χ4n) is 1.78. The first-order valence-corrected chi connectivity index (χ1v) is 5.92. The molecule has 0 aliphatic heterocycles. The smallest absolute Gasteiger partial charge is 0.161 e. The highest BCUT2D eigenvalue weighted by Gasteiger charge is 2.24. The van der Waals surface area contributed by atoms with Crippen molar-refractivity contribution >= 4 is 11.6 Å². The summed E-state index contributed by atoms with van der Waals surface area (Å²) in [5.41, 5.74) is 0.686. The number of hydrogen-bond donors (Lipinski definition) is 0. The number of ketones is 1. The van der Waals surface area contributed by atoms with E-state index in [0.29, 0.717) is 5.56 Å². The number of hydrogen-bond acceptors (Lipinski definition) is 3. The molecule has 16 heavy (non-hydrogen) atoms. The summed E-state index contributed by atoms with van der Waals surface area (Å²) < 4.78 is 0. The molecule has 1 aromatic rings. The van der Waals surface area contributed by atoms with E-state index in [1.165, 1.54) is 12.8 Å². The van der Waals surface area contributed by atoms with E-state index >= 15 is 0 Å². The number of carbonyl (C=O) groups excluding carboxylic acids is 1. The first-order chi connectivity index (χ1) is 7.70. The molecule has 0 unspecified atom stereocenters. The molecule has 1 aliphatic rings. The molecule has 0 atom stereocenters. The summed E-state index contributed by atoms with van der Waals surface area (Å²) >= 11 is 0. The van der Waals surface area contributed by atoms with Gasteiger partial charge in [0.15, 0.2) is 5.78 Å². The first kappa shape index (κ1) is 11.1. The molecular formula is C13H18N2O. The molecule has 1 heterocycles. The highest BCUT2D eigenvalue weighted by Crippen LogP contribution is 2.30. The van der Waals surface area contributed by atoms with Crippen LogP contribution in [0.2, 0.25) is 0 Å². The van der Waals surface area contributed by atoms with Crippen LogP contribution >= 0.6 is 0 Å². The maximum absolute atomic E-state index is 11.1. The number of rotatable bonds is 5. The summed E-state index contributed by atoms with van der Waals surface area (Å²) in [5.74, 6) is 1.91. The molecule has 86 valence electrons. The highest BCUT2D eigenvalue weighted by atomic mass is 16.1. The van der Waals surface area contributed by atoms with Crippen molar-refractivity contribution in [3.8, 4) is 0 Å². The van der Waals surface area contributed by atoms with Gasteiger partial charge in [0.2, 0.25) is 0 Å². The minimum Gasteiger partial charge on any atom is -0.357 e. The summed E-state index contributed by atoms with van der Waals surface area (Å²) in [6.07, 6.45) is 4.37. The van der Waals surface area contributed by atoms with Crippen LogP contribution in [0.1, 0.15) is 37.0 Å². The summed E-state index contributed by atoms with van der Waals surface area (Å²) in [4.78, 5) is 17.8. The van der Waals surface area contributed by atoms with E-state index in [1.54, 1.807) is 13.1 Å². The molecule has 1 aromatic heterocycles. The number of pyridine rings is 1. The van der Waals surface area contributed by atoms with Gasteiger partial charge in [-0.3, -0.25) is 4.79 Å². The zero-order chi connectivity index (χ0) is 11.5. The molecule has 0 spiro atoms.